The molecule has 0 aliphatic heterocycles. The van der Waals surface area contributed by atoms with Crippen LogP contribution in [0.1, 0.15) is 66.9 Å². The highest BCUT2D eigenvalue weighted by molar-refractivity contribution is 7.99. The number of fused-ring (bicyclic) bond motifs is 1. The van der Waals surface area contributed by atoms with Gasteiger partial charge >= 0.3 is 5.97 Å². The Balaban J connectivity index is 1.47. The lowest BCUT2D eigenvalue weighted by atomic mass is 9.87. The van der Waals surface area contributed by atoms with E-state index >= 15 is 0 Å². The number of thioether (sulfide) groups is 1. The van der Waals surface area contributed by atoms with Gasteiger partial charge in [0.05, 0.1) is 18.4 Å². The highest BCUT2D eigenvalue weighted by Gasteiger charge is 2.27. The topological polar surface area (TPSA) is 86.1 Å². The van der Waals surface area contributed by atoms with Gasteiger partial charge in [0, 0.05) is 17.0 Å². The number of rotatable bonds is 7. The third-order valence-corrected chi connectivity index (χ3v) is 8.36. The minimum atomic E-state index is -0.389. The minimum absolute atomic E-state index is 0.0842. The predicted octanol–water partition coefficient (Wildman–Crippen LogP) is 5.72. The molecular weight excluding hydrogens is 480 g/mol. The summed E-state index contributed by atoms with van der Waals surface area (Å²) in [6.07, 6.45) is 3.93. The van der Waals surface area contributed by atoms with Gasteiger partial charge in [-0.15, -0.1) is 21.5 Å². The molecule has 0 radical (unpaired) electrons. The Morgan fingerprint density at radius 1 is 1.14 bits per heavy atom. The average molecular weight is 513 g/mol. The van der Waals surface area contributed by atoms with Crippen LogP contribution in [0.5, 0.6) is 0 Å². The average Bonchev–Trinajstić information content (AvgIpc) is 3.42. The van der Waals surface area contributed by atoms with E-state index in [1.54, 1.807) is 0 Å². The number of anilines is 1. The van der Waals surface area contributed by atoms with Crippen molar-refractivity contribution in [2.24, 2.45) is 0 Å². The Morgan fingerprint density at radius 3 is 2.51 bits per heavy atom. The van der Waals surface area contributed by atoms with E-state index in [1.165, 1.54) is 40.6 Å². The van der Waals surface area contributed by atoms with Crippen LogP contribution in [0.25, 0.3) is 11.4 Å². The lowest BCUT2D eigenvalue weighted by molar-refractivity contribution is -0.113. The number of hydrogen-bond donors (Lipinski definition) is 1. The fraction of sp³-hybridized carbons (Fsp3) is 0.462. The number of amides is 1. The quantitative estimate of drug-likeness (QED) is 0.322. The molecule has 0 unspecified atom stereocenters. The van der Waals surface area contributed by atoms with E-state index in [1.807, 2.05) is 11.5 Å². The number of nitrogens with zero attached hydrogens (tertiary/aromatic N) is 3. The Hall–Kier alpha value is -2.65. The van der Waals surface area contributed by atoms with Gasteiger partial charge in [0.1, 0.15) is 5.00 Å². The van der Waals surface area contributed by atoms with Crippen molar-refractivity contribution in [3.63, 3.8) is 0 Å². The van der Waals surface area contributed by atoms with Crippen LogP contribution >= 0.6 is 23.1 Å². The van der Waals surface area contributed by atoms with Gasteiger partial charge in [0.15, 0.2) is 11.0 Å². The molecule has 0 bridgehead atoms. The number of thiophene rings is 1. The van der Waals surface area contributed by atoms with Crippen LogP contribution in [-0.4, -0.2) is 39.5 Å². The van der Waals surface area contributed by atoms with E-state index in [0.717, 1.165) is 42.6 Å². The Labute approximate surface area is 214 Å². The molecule has 1 aliphatic rings. The summed E-state index contributed by atoms with van der Waals surface area (Å²) in [5.41, 5.74) is 3.89. The molecular formula is C26H32N4O3S2. The molecule has 1 amide bonds. The van der Waals surface area contributed by atoms with Crippen LogP contribution in [-0.2, 0) is 34.3 Å². The number of methoxy groups -OCH3 is 1. The molecule has 0 atom stereocenters. The lowest BCUT2D eigenvalue weighted by Gasteiger charge is -2.19. The predicted molar refractivity (Wildman–Crippen MR) is 141 cm³/mol. The Bertz CT molecular complexity index is 1220. The van der Waals surface area contributed by atoms with Gasteiger partial charge in [-0.05, 0) is 49.1 Å². The van der Waals surface area contributed by atoms with E-state index in [-0.39, 0.29) is 23.0 Å². The number of carbonyl (C=O) groups excluding carboxylic acids is 2. The van der Waals surface area contributed by atoms with Gasteiger partial charge in [0.25, 0.3) is 0 Å². The van der Waals surface area contributed by atoms with Crippen LogP contribution in [0, 0.1) is 0 Å². The molecule has 2 heterocycles. The third-order valence-electron chi connectivity index (χ3n) is 6.19. The molecule has 1 aliphatic carbocycles. The summed E-state index contributed by atoms with van der Waals surface area (Å²) in [6.45, 7) is 9.30. The summed E-state index contributed by atoms with van der Waals surface area (Å²) < 4.78 is 7.02. The van der Waals surface area contributed by atoms with Crippen molar-refractivity contribution in [1.82, 2.24) is 14.8 Å². The van der Waals surface area contributed by atoms with E-state index < -0.39 is 0 Å². The van der Waals surface area contributed by atoms with Crippen molar-refractivity contribution in [2.75, 3.05) is 18.2 Å². The first-order valence-electron chi connectivity index (χ1n) is 11.9. The number of ether oxygens (including phenoxy) is 1. The van der Waals surface area contributed by atoms with Crippen molar-refractivity contribution >= 4 is 40.0 Å². The molecule has 35 heavy (non-hydrogen) atoms. The van der Waals surface area contributed by atoms with Gasteiger partial charge in [-0.2, -0.15) is 0 Å². The van der Waals surface area contributed by atoms with Crippen molar-refractivity contribution in [3.8, 4) is 11.4 Å². The zero-order valence-corrected chi connectivity index (χ0v) is 22.6. The maximum absolute atomic E-state index is 12.8. The van der Waals surface area contributed by atoms with Crippen LogP contribution in [0.4, 0.5) is 5.00 Å². The van der Waals surface area contributed by atoms with E-state index in [0.29, 0.717) is 22.3 Å². The summed E-state index contributed by atoms with van der Waals surface area (Å²) in [6, 6.07) is 8.41. The second kappa shape index (κ2) is 10.5. The largest absolute Gasteiger partial charge is 0.465 e. The van der Waals surface area contributed by atoms with Crippen LogP contribution < -0.4 is 5.32 Å². The van der Waals surface area contributed by atoms with E-state index in [2.05, 4.69) is 60.6 Å². The number of benzene rings is 1. The van der Waals surface area contributed by atoms with Crippen molar-refractivity contribution in [1.29, 1.82) is 0 Å². The maximum atomic E-state index is 12.8. The molecule has 1 aromatic carbocycles. The number of esters is 1. The summed E-state index contributed by atoms with van der Waals surface area (Å²) in [5.74, 6) is 0.389. The molecule has 7 nitrogen and oxygen atoms in total. The van der Waals surface area contributed by atoms with Crippen LogP contribution in [0.15, 0.2) is 29.4 Å². The first-order valence-corrected chi connectivity index (χ1v) is 13.7. The fourth-order valence-electron chi connectivity index (χ4n) is 4.28. The standard InChI is InChI=1S/C26H32N4O3S2/c1-6-30-22(16-11-13-17(14-12-16)26(2,3)4)28-29-25(30)34-15-20(31)27-23-21(24(32)33-5)18-9-7-8-10-19(18)35-23/h11-14H,6-10,15H2,1-5H3,(H,27,31). The third kappa shape index (κ3) is 5.46. The molecule has 186 valence electrons. The zero-order chi connectivity index (χ0) is 25.2. The molecule has 4 rings (SSSR count). The summed E-state index contributed by atoms with van der Waals surface area (Å²) in [7, 11) is 1.38. The zero-order valence-electron chi connectivity index (χ0n) is 20.9. The monoisotopic (exact) mass is 512 g/mol. The van der Waals surface area contributed by atoms with Crippen LogP contribution in [0.3, 0.4) is 0 Å². The van der Waals surface area contributed by atoms with Crippen molar-refractivity contribution in [2.45, 2.75) is 70.5 Å². The second-order valence-electron chi connectivity index (χ2n) is 9.62. The summed E-state index contributed by atoms with van der Waals surface area (Å²) in [5, 5.41) is 13.0. The Kier molecular flexibility index (Phi) is 7.66. The first kappa shape index (κ1) is 25.4. The van der Waals surface area contributed by atoms with Gasteiger partial charge in [-0.3, -0.25) is 4.79 Å². The molecule has 0 spiro atoms. The highest BCUT2D eigenvalue weighted by Crippen LogP contribution is 2.38. The van der Waals surface area contributed by atoms with Gasteiger partial charge < -0.3 is 14.6 Å². The first-order chi connectivity index (χ1) is 16.7. The molecule has 0 saturated heterocycles. The van der Waals surface area contributed by atoms with Crippen molar-refractivity contribution in [3.05, 3.63) is 45.8 Å². The fourth-order valence-corrected chi connectivity index (χ4v) is 6.37. The van der Waals surface area contributed by atoms with E-state index in [9.17, 15) is 9.59 Å². The molecule has 3 aromatic rings. The van der Waals surface area contributed by atoms with Gasteiger partial charge in [-0.1, -0.05) is 56.8 Å². The normalized spacial score (nSPS) is 13.4. The van der Waals surface area contributed by atoms with Crippen LogP contribution in [0.2, 0.25) is 0 Å². The SMILES string of the molecule is CCn1c(SCC(=O)Nc2sc3c(c2C(=O)OC)CCCC3)nnc1-c1ccc(C(C)(C)C)cc1. The lowest BCUT2D eigenvalue weighted by Crippen LogP contribution is -2.17. The molecule has 2 aromatic heterocycles. The maximum Gasteiger partial charge on any atom is 0.341 e. The molecule has 0 fully saturated rings. The minimum Gasteiger partial charge on any atom is -0.465 e. The number of aryl methyl sites for hydroxylation is 1. The number of aromatic nitrogens is 3. The van der Waals surface area contributed by atoms with Gasteiger partial charge in [0.2, 0.25) is 5.91 Å². The summed E-state index contributed by atoms with van der Waals surface area (Å²) in [4.78, 5) is 26.4. The van der Waals surface area contributed by atoms with E-state index in [4.69, 9.17) is 4.74 Å². The molecule has 1 N–H and O–H groups in total. The van der Waals surface area contributed by atoms with Gasteiger partial charge in [-0.25, -0.2) is 4.79 Å². The molecule has 0 saturated carbocycles. The number of hydrogen-bond acceptors (Lipinski definition) is 7. The second-order valence-corrected chi connectivity index (χ2v) is 11.7. The number of nitrogens with one attached hydrogen (secondary N) is 1. The smallest absolute Gasteiger partial charge is 0.341 e. The Morgan fingerprint density at radius 2 is 1.86 bits per heavy atom. The van der Waals surface area contributed by atoms with Crippen molar-refractivity contribution < 1.29 is 14.3 Å². The molecule has 9 heteroatoms. The summed E-state index contributed by atoms with van der Waals surface area (Å²) >= 11 is 2.83. The number of carbonyl (C=O) groups is 2. The highest BCUT2D eigenvalue weighted by atomic mass is 32.2.